The average Bonchev–Trinajstić information content (AvgIpc) is 3.84. The van der Waals surface area contributed by atoms with Crippen LogP contribution in [0.1, 0.15) is 45.0 Å². The van der Waals surface area contributed by atoms with Crippen LogP contribution in [0.4, 0.5) is 0 Å². The SMILES string of the molecule is O=C1NCCCN(C(=O)Cc2c[nH]c3ccccc23)CCOc2cccc(c2)[C@H]2CN(C(=O)c3cccc4c3COC4)C[C@H]12.O=CO. The minimum Gasteiger partial charge on any atom is -0.492 e. The third-order valence-corrected chi connectivity index (χ3v) is 9.14. The van der Waals surface area contributed by atoms with Crippen molar-refractivity contribution in [3.8, 4) is 5.75 Å². The molecule has 3 N–H and O–H groups in total. The molecule has 0 aliphatic carbocycles. The fourth-order valence-electron chi connectivity index (χ4n) is 6.78. The summed E-state index contributed by atoms with van der Waals surface area (Å²) >= 11 is 0. The quantitative estimate of drug-likeness (QED) is 0.291. The highest BCUT2D eigenvalue weighted by atomic mass is 16.5. The number of para-hydroxylation sites is 1. The second-order valence-electron chi connectivity index (χ2n) is 11.9. The fraction of sp³-hybridized carbons (Fsp3) is 0.333. The van der Waals surface area contributed by atoms with Crippen molar-refractivity contribution in [2.45, 2.75) is 32.0 Å². The Morgan fingerprint density at radius 3 is 2.64 bits per heavy atom. The number of carbonyl (C=O) groups excluding carboxylic acids is 3. The Labute approximate surface area is 272 Å². The largest absolute Gasteiger partial charge is 0.492 e. The zero-order valence-electron chi connectivity index (χ0n) is 26.0. The molecule has 11 nitrogen and oxygen atoms in total. The van der Waals surface area contributed by atoms with Crippen molar-refractivity contribution in [3.05, 3.63) is 101 Å². The van der Waals surface area contributed by atoms with Gasteiger partial charge in [-0.2, -0.15) is 0 Å². The molecule has 0 spiro atoms. The van der Waals surface area contributed by atoms with Crippen molar-refractivity contribution in [1.29, 1.82) is 0 Å². The lowest BCUT2D eigenvalue weighted by Crippen LogP contribution is -2.40. The minimum atomic E-state index is -0.398. The maximum absolute atomic E-state index is 13.8. The van der Waals surface area contributed by atoms with Crippen molar-refractivity contribution in [2.24, 2.45) is 5.92 Å². The molecular weight excluding hydrogens is 600 g/mol. The lowest BCUT2D eigenvalue weighted by Gasteiger charge is -2.24. The van der Waals surface area contributed by atoms with E-state index in [0.717, 1.165) is 33.2 Å². The molecule has 11 heteroatoms. The number of carboxylic acid groups (broad SMARTS) is 1. The molecule has 2 atom stereocenters. The number of hydrogen-bond acceptors (Lipinski definition) is 6. The van der Waals surface area contributed by atoms with Crippen LogP contribution in [0.3, 0.4) is 0 Å². The van der Waals surface area contributed by atoms with Gasteiger partial charge in [-0.05, 0) is 52.9 Å². The van der Waals surface area contributed by atoms with Gasteiger partial charge in [0.2, 0.25) is 11.8 Å². The molecule has 0 radical (unpaired) electrons. The molecule has 2 bridgehead atoms. The van der Waals surface area contributed by atoms with Gasteiger partial charge in [0.1, 0.15) is 12.4 Å². The Balaban J connectivity index is 0.00000124. The van der Waals surface area contributed by atoms with Crippen molar-refractivity contribution in [2.75, 3.05) is 39.3 Å². The Bertz CT molecular complexity index is 1770. The maximum atomic E-state index is 13.8. The van der Waals surface area contributed by atoms with Crippen molar-refractivity contribution >= 4 is 35.1 Å². The molecule has 4 heterocycles. The number of hydrogen-bond donors (Lipinski definition) is 3. The number of benzene rings is 3. The molecule has 4 aromatic rings. The van der Waals surface area contributed by atoms with E-state index in [-0.39, 0.29) is 36.5 Å². The van der Waals surface area contributed by atoms with Gasteiger partial charge < -0.3 is 34.7 Å². The lowest BCUT2D eigenvalue weighted by atomic mass is 9.88. The summed E-state index contributed by atoms with van der Waals surface area (Å²) in [4.78, 5) is 56.1. The number of nitrogens with zero attached hydrogens (tertiary/aromatic N) is 2. The number of aromatic nitrogens is 1. The molecule has 3 aromatic carbocycles. The smallest absolute Gasteiger partial charge is 0.290 e. The summed E-state index contributed by atoms with van der Waals surface area (Å²) in [7, 11) is 0. The van der Waals surface area contributed by atoms with Crippen LogP contribution in [0, 0.1) is 5.92 Å². The van der Waals surface area contributed by atoms with Gasteiger partial charge in [0.15, 0.2) is 0 Å². The van der Waals surface area contributed by atoms with E-state index in [1.54, 1.807) is 4.90 Å². The van der Waals surface area contributed by atoms with Gasteiger partial charge in [-0.15, -0.1) is 0 Å². The number of carbonyl (C=O) groups is 4. The maximum Gasteiger partial charge on any atom is 0.290 e. The van der Waals surface area contributed by atoms with Crippen LogP contribution >= 0.6 is 0 Å². The predicted molar refractivity (Wildman–Crippen MR) is 174 cm³/mol. The summed E-state index contributed by atoms with van der Waals surface area (Å²) in [6, 6.07) is 21.5. The van der Waals surface area contributed by atoms with E-state index in [0.29, 0.717) is 70.3 Å². The average molecular weight is 639 g/mol. The standard InChI is InChI=1S/C35H36N4O5.CH2O2/c40-33(17-25-18-37-32-11-2-1-9-27(25)32)38-13-5-12-36-34(41)30-20-39(35(42)28-10-4-7-24-21-43-22-31(24)28)19-29(30)23-6-3-8-26(16-23)44-15-14-38;2-1-3/h1-4,6-11,16,18,29-30,37H,5,12-15,17,19-22H2,(H,36,41);1H,(H,2,3)/t29-,30+;/m1./s1. The minimum absolute atomic E-state index is 0.0216. The zero-order valence-corrected chi connectivity index (χ0v) is 26.0. The van der Waals surface area contributed by atoms with Gasteiger partial charge in [0.25, 0.3) is 12.4 Å². The Hall–Kier alpha value is -5.16. The highest BCUT2D eigenvalue weighted by Crippen LogP contribution is 2.36. The predicted octanol–water partition coefficient (Wildman–Crippen LogP) is 3.72. The summed E-state index contributed by atoms with van der Waals surface area (Å²) in [5, 5.41) is 11.1. The number of ether oxygens (including phenoxy) is 2. The van der Waals surface area contributed by atoms with Crippen molar-refractivity contribution in [3.63, 3.8) is 0 Å². The number of H-pyrrole nitrogens is 1. The first-order chi connectivity index (χ1) is 23.0. The number of nitrogens with one attached hydrogen (secondary N) is 2. The van der Waals surface area contributed by atoms with E-state index in [1.807, 2.05) is 77.8 Å². The summed E-state index contributed by atoms with van der Waals surface area (Å²) in [5.74, 6) is 0.00522. The van der Waals surface area contributed by atoms with Crippen LogP contribution in [0.5, 0.6) is 5.75 Å². The van der Waals surface area contributed by atoms with Crippen molar-refractivity contribution in [1.82, 2.24) is 20.1 Å². The zero-order chi connectivity index (χ0) is 32.8. The number of likely N-dealkylation sites (tertiary alicyclic amines) is 1. The molecule has 0 saturated carbocycles. The number of amides is 3. The van der Waals surface area contributed by atoms with E-state index in [2.05, 4.69) is 10.3 Å². The molecule has 47 heavy (non-hydrogen) atoms. The Morgan fingerprint density at radius 1 is 0.957 bits per heavy atom. The lowest BCUT2D eigenvalue weighted by molar-refractivity contribution is -0.131. The third-order valence-electron chi connectivity index (χ3n) is 9.14. The monoisotopic (exact) mass is 638 g/mol. The van der Waals surface area contributed by atoms with Crippen LogP contribution in [0.2, 0.25) is 0 Å². The second-order valence-corrected chi connectivity index (χ2v) is 11.9. The molecule has 7 rings (SSSR count). The number of rotatable bonds is 3. The molecular formula is C36H38N4O7. The van der Waals surface area contributed by atoms with Gasteiger partial charge in [-0.3, -0.25) is 19.2 Å². The molecule has 3 amide bonds. The molecule has 0 unspecified atom stereocenters. The Morgan fingerprint density at radius 2 is 1.77 bits per heavy atom. The summed E-state index contributed by atoms with van der Waals surface area (Å²) in [6.45, 7) is 3.22. The normalized spacial score (nSPS) is 19.4. The van der Waals surface area contributed by atoms with Crippen molar-refractivity contribution < 1.29 is 33.8 Å². The van der Waals surface area contributed by atoms with Crippen LogP contribution in [-0.2, 0) is 38.8 Å². The molecule has 1 fully saturated rings. The number of aromatic amines is 1. The molecule has 1 saturated heterocycles. The van der Waals surface area contributed by atoms with Gasteiger partial charge in [0.05, 0.1) is 32.1 Å². The van der Waals surface area contributed by atoms with E-state index in [4.69, 9.17) is 19.4 Å². The van der Waals surface area contributed by atoms with Gasteiger partial charge >= 0.3 is 0 Å². The highest BCUT2D eigenvalue weighted by Gasteiger charge is 2.41. The molecule has 3 aliphatic heterocycles. The molecule has 3 aliphatic rings. The van der Waals surface area contributed by atoms with Crippen LogP contribution in [0.15, 0.2) is 72.9 Å². The second kappa shape index (κ2) is 14.5. The van der Waals surface area contributed by atoms with Crippen LogP contribution in [0.25, 0.3) is 10.9 Å². The summed E-state index contributed by atoms with van der Waals surface area (Å²) < 4.78 is 11.8. The van der Waals surface area contributed by atoms with Gasteiger partial charge in [-0.25, -0.2) is 0 Å². The van der Waals surface area contributed by atoms with Crippen LogP contribution < -0.4 is 10.1 Å². The third kappa shape index (κ3) is 7.00. The van der Waals surface area contributed by atoms with Crippen LogP contribution in [-0.4, -0.2) is 83.4 Å². The Kier molecular flexibility index (Phi) is 9.82. The fourth-order valence-corrected chi connectivity index (χ4v) is 6.78. The molecule has 244 valence electrons. The first-order valence-corrected chi connectivity index (χ1v) is 15.9. The van der Waals surface area contributed by atoms with E-state index in [9.17, 15) is 14.4 Å². The van der Waals surface area contributed by atoms with Gasteiger partial charge in [-0.1, -0.05) is 42.5 Å². The summed E-state index contributed by atoms with van der Waals surface area (Å²) in [5.41, 5.74) is 5.58. The van der Waals surface area contributed by atoms with E-state index in [1.165, 1.54) is 0 Å². The first-order valence-electron chi connectivity index (χ1n) is 15.9. The first kappa shape index (κ1) is 31.8. The van der Waals surface area contributed by atoms with E-state index < -0.39 is 5.92 Å². The highest BCUT2D eigenvalue weighted by molar-refractivity contribution is 5.97. The van der Waals surface area contributed by atoms with Gasteiger partial charge in [0, 0.05) is 54.8 Å². The summed E-state index contributed by atoms with van der Waals surface area (Å²) in [6.07, 6.45) is 2.81. The van der Waals surface area contributed by atoms with E-state index >= 15 is 0 Å². The molecule has 1 aromatic heterocycles. The number of fused-ring (bicyclic) bond motifs is 6. The topological polar surface area (TPSA) is 141 Å².